The molecule has 1 heterocycles. The molecule has 0 saturated carbocycles. The van der Waals surface area contributed by atoms with Crippen molar-refractivity contribution in [2.24, 2.45) is 0 Å². The van der Waals surface area contributed by atoms with Crippen LogP contribution in [0.1, 0.15) is 27.8 Å². The van der Waals surface area contributed by atoms with Gasteiger partial charge in [-0.15, -0.1) is 0 Å². The van der Waals surface area contributed by atoms with Crippen LogP contribution in [0, 0.1) is 0 Å². The summed E-state index contributed by atoms with van der Waals surface area (Å²) >= 11 is 0. The standard InChI is InChI=1S/C17H16N2O6/c1-11(20)19-13-6-4-12(5-7-13)14(21)10-25-16(22)9-18-17(23)15-3-2-8-24-15/h2-8H,9-10H2,1H3,(H,18,23)(H,19,20). The number of rotatable bonds is 7. The molecule has 0 spiro atoms. The van der Waals surface area contributed by atoms with Gasteiger partial charge in [0, 0.05) is 18.2 Å². The molecule has 8 nitrogen and oxygen atoms in total. The van der Waals surface area contributed by atoms with Crippen molar-refractivity contribution in [1.82, 2.24) is 5.32 Å². The summed E-state index contributed by atoms with van der Waals surface area (Å²) in [7, 11) is 0. The van der Waals surface area contributed by atoms with Crippen LogP contribution in [-0.4, -0.2) is 36.7 Å². The van der Waals surface area contributed by atoms with Gasteiger partial charge in [0.25, 0.3) is 5.91 Å². The van der Waals surface area contributed by atoms with E-state index in [4.69, 9.17) is 9.15 Å². The first kappa shape index (κ1) is 17.9. The van der Waals surface area contributed by atoms with Gasteiger partial charge in [0.05, 0.1) is 6.26 Å². The van der Waals surface area contributed by atoms with Crippen LogP contribution in [0.25, 0.3) is 0 Å². The predicted molar refractivity (Wildman–Crippen MR) is 87.1 cm³/mol. The summed E-state index contributed by atoms with van der Waals surface area (Å²) in [6, 6.07) is 9.16. The molecule has 2 rings (SSSR count). The summed E-state index contributed by atoms with van der Waals surface area (Å²) in [5.41, 5.74) is 0.892. The van der Waals surface area contributed by atoms with E-state index in [2.05, 4.69) is 10.6 Å². The summed E-state index contributed by atoms with van der Waals surface area (Å²) in [6.07, 6.45) is 1.34. The van der Waals surface area contributed by atoms with E-state index in [1.54, 1.807) is 18.2 Å². The summed E-state index contributed by atoms with van der Waals surface area (Å²) < 4.78 is 9.69. The van der Waals surface area contributed by atoms with Gasteiger partial charge in [0.15, 0.2) is 18.2 Å². The maximum absolute atomic E-state index is 11.9. The largest absolute Gasteiger partial charge is 0.459 e. The molecule has 0 fully saturated rings. The van der Waals surface area contributed by atoms with Gasteiger partial charge in [-0.05, 0) is 36.4 Å². The molecule has 2 aromatic rings. The van der Waals surface area contributed by atoms with Crippen molar-refractivity contribution in [3.05, 3.63) is 54.0 Å². The summed E-state index contributed by atoms with van der Waals surface area (Å²) in [6.45, 7) is 0.548. The third-order valence-corrected chi connectivity index (χ3v) is 3.03. The van der Waals surface area contributed by atoms with Gasteiger partial charge < -0.3 is 19.8 Å². The molecule has 2 N–H and O–H groups in total. The number of carbonyl (C=O) groups is 4. The summed E-state index contributed by atoms with van der Waals surface area (Å²) in [5.74, 6) is -1.85. The number of carbonyl (C=O) groups excluding carboxylic acids is 4. The van der Waals surface area contributed by atoms with Crippen molar-refractivity contribution >= 4 is 29.3 Å². The highest BCUT2D eigenvalue weighted by atomic mass is 16.5. The number of hydrogen-bond acceptors (Lipinski definition) is 6. The van der Waals surface area contributed by atoms with Crippen LogP contribution in [0.3, 0.4) is 0 Å². The molecule has 0 unspecified atom stereocenters. The van der Waals surface area contributed by atoms with Crippen LogP contribution in [0.4, 0.5) is 5.69 Å². The van der Waals surface area contributed by atoms with Crippen molar-refractivity contribution in [3.63, 3.8) is 0 Å². The van der Waals surface area contributed by atoms with Crippen LogP contribution < -0.4 is 10.6 Å². The maximum Gasteiger partial charge on any atom is 0.325 e. The lowest BCUT2D eigenvalue weighted by Gasteiger charge is -2.06. The number of ketones is 1. The SMILES string of the molecule is CC(=O)Nc1ccc(C(=O)COC(=O)CNC(=O)c2ccco2)cc1. The van der Waals surface area contributed by atoms with E-state index < -0.39 is 24.3 Å². The Morgan fingerprint density at radius 1 is 1.08 bits per heavy atom. The second kappa shape index (κ2) is 8.44. The zero-order valence-electron chi connectivity index (χ0n) is 13.4. The Bertz CT molecular complexity index is 765. The fourth-order valence-corrected chi connectivity index (χ4v) is 1.87. The van der Waals surface area contributed by atoms with E-state index in [9.17, 15) is 19.2 Å². The first-order valence-electron chi connectivity index (χ1n) is 7.34. The van der Waals surface area contributed by atoms with Crippen LogP contribution in [-0.2, 0) is 14.3 Å². The van der Waals surface area contributed by atoms with Crippen molar-refractivity contribution in [3.8, 4) is 0 Å². The highest BCUT2D eigenvalue weighted by molar-refractivity contribution is 5.99. The molecular weight excluding hydrogens is 328 g/mol. The lowest BCUT2D eigenvalue weighted by atomic mass is 10.1. The average molecular weight is 344 g/mol. The van der Waals surface area contributed by atoms with Crippen molar-refractivity contribution in [2.75, 3.05) is 18.5 Å². The van der Waals surface area contributed by atoms with Gasteiger partial charge in [-0.25, -0.2) is 0 Å². The number of hydrogen-bond donors (Lipinski definition) is 2. The van der Waals surface area contributed by atoms with Gasteiger partial charge >= 0.3 is 5.97 Å². The van der Waals surface area contributed by atoms with Crippen molar-refractivity contribution < 1.29 is 28.3 Å². The molecular formula is C17H16N2O6. The second-order valence-corrected chi connectivity index (χ2v) is 5.00. The molecule has 2 amide bonds. The fraction of sp³-hybridized carbons (Fsp3) is 0.176. The fourth-order valence-electron chi connectivity index (χ4n) is 1.87. The molecule has 0 aliphatic heterocycles. The van der Waals surface area contributed by atoms with Crippen LogP contribution in [0.15, 0.2) is 47.1 Å². The van der Waals surface area contributed by atoms with Crippen LogP contribution in [0.2, 0.25) is 0 Å². The normalized spacial score (nSPS) is 9.96. The molecule has 1 aromatic carbocycles. The van der Waals surface area contributed by atoms with Crippen LogP contribution >= 0.6 is 0 Å². The summed E-state index contributed by atoms with van der Waals surface area (Å²) in [5, 5.41) is 4.89. The van der Waals surface area contributed by atoms with Crippen molar-refractivity contribution in [1.29, 1.82) is 0 Å². The zero-order chi connectivity index (χ0) is 18.2. The number of ether oxygens (including phenoxy) is 1. The molecule has 8 heteroatoms. The monoisotopic (exact) mass is 344 g/mol. The number of esters is 1. The predicted octanol–water partition coefficient (Wildman–Crippen LogP) is 1.39. The van der Waals surface area contributed by atoms with E-state index in [1.807, 2.05) is 0 Å². The van der Waals surface area contributed by atoms with E-state index in [1.165, 1.54) is 31.4 Å². The second-order valence-electron chi connectivity index (χ2n) is 5.00. The van der Waals surface area contributed by atoms with Crippen molar-refractivity contribution in [2.45, 2.75) is 6.92 Å². The molecule has 25 heavy (non-hydrogen) atoms. The minimum Gasteiger partial charge on any atom is -0.459 e. The van der Waals surface area contributed by atoms with E-state index >= 15 is 0 Å². The Balaban J connectivity index is 1.76. The molecule has 0 bridgehead atoms. The zero-order valence-corrected chi connectivity index (χ0v) is 13.4. The van der Waals surface area contributed by atoms with E-state index in [-0.39, 0.29) is 18.2 Å². The van der Waals surface area contributed by atoms with E-state index in [0.29, 0.717) is 11.3 Å². The Morgan fingerprint density at radius 2 is 1.80 bits per heavy atom. The Morgan fingerprint density at radius 3 is 2.40 bits per heavy atom. The number of furan rings is 1. The molecule has 0 atom stereocenters. The van der Waals surface area contributed by atoms with Gasteiger partial charge in [-0.2, -0.15) is 0 Å². The maximum atomic E-state index is 11.9. The molecule has 1 aromatic heterocycles. The molecule has 0 aliphatic carbocycles. The number of nitrogens with one attached hydrogen (secondary N) is 2. The molecule has 0 aliphatic rings. The minimum absolute atomic E-state index is 0.0723. The smallest absolute Gasteiger partial charge is 0.325 e. The topological polar surface area (TPSA) is 115 Å². The van der Waals surface area contributed by atoms with Gasteiger partial charge in [-0.1, -0.05) is 0 Å². The third kappa shape index (κ3) is 5.61. The first-order valence-corrected chi connectivity index (χ1v) is 7.34. The highest BCUT2D eigenvalue weighted by Gasteiger charge is 2.13. The quantitative estimate of drug-likeness (QED) is 0.579. The van der Waals surface area contributed by atoms with E-state index in [0.717, 1.165) is 0 Å². The minimum atomic E-state index is -0.747. The number of anilines is 1. The number of Topliss-reactive ketones (excluding diaryl/α,β-unsaturated/α-hetero) is 1. The lowest BCUT2D eigenvalue weighted by Crippen LogP contribution is -2.31. The Kier molecular flexibility index (Phi) is 6.05. The average Bonchev–Trinajstić information content (AvgIpc) is 3.12. The lowest BCUT2D eigenvalue weighted by molar-refractivity contribution is -0.141. The first-order chi connectivity index (χ1) is 12.0. The Labute approximate surface area is 143 Å². The molecule has 0 saturated heterocycles. The highest BCUT2D eigenvalue weighted by Crippen LogP contribution is 2.10. The van der Waals surface area contributed by atoms with Gasteiger partial charge in [0.2, 0.25) is 5.91 Å². The van der Waals surface area contributed by atoms with Crippen LogP contribution in [0.5, 0.6) is 0 Å². The number of benzene rings is 1. The summed E-state index contributed by atoms with van der Waals surface area (Å²) in [4.78, 5) is 46.0. The van der Waals surface area contributed by atoms with Gasteiger partial charge in [-0.3, -0.25) is 19.2 Å². The Hall–Kier alpha value is -3.42. The molecule has 0 radical (unpaired) electrons. The number of amides is 2. The van der Waals surface area contributed by atoms with Gasteiger partial charge in [0.1, 0.15) is 6.54 Å². The third-order valence-electron chi connectivity index (χ3n) is 3.03. The molecule has 130 valence electrons.